The Morgan fingerprint density at radius 2 is 0.737 bits per heavy atom. The molecule has 0 unspecified atom stereocenters. The van der Waals surface area contributed by atoms with E-state index in [2.05, 4.69) is 0 Å². The molecule has 4 aromatic carbocycles. The Hall–Kier alpha value is -7.72. The number of rotatable bonds is 10. The summed E-state index contributed by atoms with van der Waals surface area (Å²) >= 11 is 0. The van der Waals surface area contributed by atoms with Gasteiger partial charge in [0.25, 0.3) is 0 Å². The van der Waals surface area contributed by atoms with Crippen LogP contribution in [0.15, 0.2) is 48.5 Å². The maximum atomic E-state index is 13.6. The van der Waals surface area contributed by atoms with Gasteiger partial charge in [0, 0.05) is 7.11 Å². The number of phenolic OH excluding ortho intramolecular Hbond substituents is 12. The quantitative estimate of drug-likeness (QED) is 0.0611. The number of hydrogen-bond acceptors (Lipinski definition) is 22. The van der Waals surface area contributed by atoms with Gasteiger partial charge in [-0.1, -0.05) is 0 Å². The van der Waals surface area contributed by atoms with E-state index in [1.54, 1.807) is 0 Å². The zero-order chi connectivity index (χ0) is 42.0. The van der Waals surface area contributed by atoms with E-state index in [0.717, 1.165) is 7.11 Å². The third-order valence-electron chi connectivity index (χ3n) is 8.15. The predicted octanol–water partition coefficient (Wildman–Crippen LogP) is 1.36. The van der Waals surface area contributed by atoms with Crippen molar-refractivity contribution in [2.45, 2.75) is 30.7 Å². The van der Waals surface area contributed by atoms with Gasteiger partial charge in [0.15, 0.2) is 93.6 Å². The molecule has 0 saturated carbocycles. The van der Waals surface area contributed by atoms with Crippen molar-refractivity contribution < 1.29 is 109 Å². The van der Waals surface area contributed by atoms with Gasteiger partial charge < -0.3 is 89.7 Å². The molecule has 22 heteroatoms. The van der Waals surface area contributed by atoms with Gasteiger partial charge in [-0.2, -0.15) is 0 Å². The molecule has 1 heterocycles. The molecular weight excluding hydrogens is 772 g/mol. The summed E-state index contributed by atoms with van der Waals surface area (Å²) in [6, 6.07) is 5.29. The van der Waals surface area contributed by atoms with Gasteiger partial charge in [0.1, 0.15) is 12.7 Å². The molecule has 0 amide bonds. The third-order valence-corrected chi connectivity index (χ3v) is 8.15. The molecule has 0 radical (unpaired) electrons. The Balaban J connectivity index is 1.60. The lowest BCUT2D eigenvalue weighted by Gasteiger charge is -2.44. The standard InChI is InChI=1S/C35H30O22/c1-52-35-30(57-34(51)14-8-21(42)27(47)22(43)9-14)29(56-33(50)13-6-19(40)26(46)20(41)7-13)28(55-32(49)12-4-17(38)25(45)18(39)5-12)23(54-35)10-53-31(48)11-2-15(36)24(44)16(37)3-11/h2-9,23,28-30,35-47H,10H2,1H3/t23-,28-,29+,30-,35+/m1/s1. The van der Waals surface area contributed by atoms with Crippen LogP contribution in [0.1, 0.15) is 41.4 Å². The minimum Gasteiger partial charge on any atom is -0.504 e. The normalized spacial score (nSPS) is 18.9. The van der Waals surface area contributed by atoms with E-state index in [1.807, 2.05) is 0 Å². The van der Waals surface area contributed by atoms with Crippen molar-refractivity contribution in [1.82, 2.24) is 0 Å². The number of aromatic hydroxyl groups is 12. The SMILES string of the molecule is CO[C@H]1O[C@H](COC(=O)c2cc(O)c(O)c(O)c2)[C@@H](OC(=O)c2cc(O)c(O)c(O)c2)[C@H](OC(=O)c2cc(O)c(O)c(O)c2)[C@H]1OC(=O)c1cc(O)c(O)c(O)c1. The van der Waals surface area contributed by atoms with Gasteiger partial charge in [0.2, 0.25) is 0 Å². The lowest BCUT2D eigenvalue weighted by molar-refractivity contribution is -0.291. The van der Waals surface area contributed by atoms with Crippen LogP contribution in [-0.2, 0) is 28.4 Å². The Morgan fingerprint density at radius 1 is 0.456 bits per heavy atom. The lowest BCUT2D eigenvalue weighted by Crippen LogP contribution is -2.63. The van der Waals surface area contributed by atoms with Gasteiger partial charge in [-0.3, -0.25) is 0 Å². The highest BCUT2D eigenvalue weighted by Gasteiger charge is 2.53. The Morgan fingerprint density at radius 3 is 1.05 bits per heavy atom. The number of ether oxygens (including phenoxy) is 6. The Labute approximate surface area is 316 Å². The largest absolute Gasteiger partial charge is 0.504 e. The summed E-state index contributed by atoms with van der Waals surface area (Å²) in [7, 11) is 0.984. The second-order valence-electron chi connectivity index (χ2n) is 11.9. The molecule has 0 spiro atoms. The molecule has 22 nitrogen and oxygen atoms in total. The topological polar surface area (TPSA) is 366 Å². The van der Waals surface area contributed by atoms with E-state index in [4.69, 9.17) is 28.4 Å². The summed E-state index contributed by atoms with van der Waals surface area (Å²) in [6.45, 7) is -1.000. The van der Waals surface area contributed by atoms with Gasteiger partial charge in [-0.25, -0.2) is 19.2 Å². The highest BCUT2D eigenvalue weighted by Crippen LogP contribution is 2.40. The van der Waals surface area contributed by atoms with Crippen LogP contribution in [0.2, 0.25) is 0 Å². The fraction of sp³-hybridized carbons (Fsp3) is 0.200. The molecular formula is C35H30O22. The summed E-state index contributed by atoms with van der Waals surface area (Å²) in [5.74, 6) is -17.6. The summed E-state index contributed by atoms with van der Waals surface area (Å²) < 4.78 is 33.0. The first-order chi connectivity index (χ1) is 26.8. The monoisotopic (exact) mass is 802 g/mol. The first-order valence-electron chi connectivity index (χ1n) is 15.8. The molecule has 1 aliphatic heterocycles. The summed E-state index contributed by atoms with van der Waals surface area (Å²) in [5, 5.41) is 119. The van der Waals surface area contributed by atoms with E-state index in [-0.39, 0.29) is 0 Å². The van der Waals surface area contributed by atoms with Crippen molar-refractivity contribution in [2.75, 3.05) is 13.7 Å². The van der Waals surface area contributed by atoms with Crippen molar-refractivity contribution in [1.29, 1.82) is 0 Å². The lowest BCUT2D eigenvalue weighted by atomic mass is 9.97. The summed E-state index contributed by atoms with van der Waals surface area (Å²) in [5.41, 5.74) is -2.50. The highest BCUT2D eigenvalue weighted by atomic mass is 16.7. The summed E-state index contributed by atoms with van der Waals surface area (Å²) in [4.78, 5) is 53.6. The molecule has 4 aromatic rings. The number of hydrogen-bond donors (Lipinski definition) is 12. The van der Waals surface area contributed by atoms with Crippen LogP contribution in [0, 0.1) is 0 Å². The maximum Gasteiger partial charge on any atom is 0.339 e. The molecule has 302 valence electrons. The molecule has 1 saturated heterocycles. The predicted molar refractivity (Wildman–Crippen MR) is 179 cm³/mol. The fourth-order valence-corrected chi connectivity index (χ4v) is 5.31. The van der Waals surface area contributed by atoms with Crippen molar-refractivity contribution >= 4 is 23.9 Å². The van der Waals surface area contributed by atoms with Crippen LogP contribution in [0.5, 0.6) is 69.0 Å². The van der Waals surface area contributed by atoms with Crippen molar-refractivity contribution in [2.24, 2.45) is 0 Å². The van der Waals surface area contributed by atoms with Gasteiger partial charge >= 0.3 is 23.9 Å². The number of benzene rings is 4. The van der Waals surface area contributed by atoms with Crippen molar-refractivity contribution in [3.8, 4) is 69.0 Å². The van der Waals surface area contributed by atoms with Crippen molar-refractivity contribution in [3.63, 3.8) is 0 Å². The van der Waals surface area contributed by atoms with Crippen LogP contribution in [0.25, 0.3) is 0 Å². The molecule has 5 atom stereocenters. The number of carbonyl (C=O) groups excluding carboxylic acids is 4. The first-order valence-corrected chi connectivity index (χ1v) is 15.8. The average Bonchev–Trinajstić information content (AvgIpc) is 3.16. The number of carbonyl (C=O) groups is 4. The van der Waals surface area contributed by atoms with Crippen LogP contribution >= 0.6 is 0 Å². The minimum absolute atomic E-state index is 0.535. The third kappa shape index (κ3) is 8.35. The van der Waals surface area contributed by atoms with Crippen LogP contribution < -0.4 is 0 Å². The molecule has 0 aliphatic carbocycles. The smallest absolute Gasteiger partial charge is 0.339 e. The van der Waals surface area contributed by atoms with E-state index in [0.29, 0.717) is 48.5 Å². The van der Waals surface area contributed by atoms with Crippen LogP contribution in [0.3, 0.4) is 0 Å². The van der Waals surface area contributed by atoms with Gasteiger partial charge in [-0.15, -0.1) is 0 Å². The Kier molecular flexibility index (Phi) is 11.3. The number of phenols is 12. The second-order valence-corrected chi connectivity index (χ2v) is 11.9. The maximum absolute atomic E-state index is 13.6. The van der Waals surface area contributed by atoms with E-state index >= 15 is 0 Å². The molecule has 5 rings (SSSR count). The van der Waals surface area contributed by atoms with E-state index in [1.165, 1.54) is 0 Å². The zero-order valence-electron chi connectivity index (χ0n) is 28.7. The highest BCUT2D eigenvalue weighted by molar-refractivity contribution is 5.93. The van der Waals surface area contributed by atoms with Crippen LogP contribution in [-0.4, -0.2) is 130 Å². The fourth-order valence-electron chi connectivity index (χ4n) is 5.31. The Bertz CT molecular complexity index is 2160. The zero-order valence-corrected chi connectivity index (χ0v) is 28.7. The minimum atomic E-state index is -2.17. The van der Waals surface area contributed by atoms with Gasteiger partial charge in [0.05, 0.1) is 22.3 Å². The molecule has 1 aliphatic rings. The molecule has 0 bridgehead atoms. The summed E-state index contributed by atoms with van der Waals surface area (Å²) in [6.07, 6.45) is -10.1. The van der Waals surface area contributed by atoms with Crippen molar-refractivity contribution in [3.05, 3.63) is 70.8 Å². The van der Waals surface area contributed by atoms with Gasteiger partial charge in [-0.05, 0) is 48.5 Å². The molecule has 0 aromatic heterocycles. The first kappa shape index (κ1) is 40.5. The van der Waals surface area contributed by atoms with E-state index < -0.39 is 152 Å². The average molecular weight is 803 g/mol. The number of methoxy groups -OCH3 is 1. The molecule has 12 N–H and O–H groups in total. The molecule has 1 fully saturated rings. The number of esters is 4. The second kappa shape index (κ2) is 15.9. The molecule has 57 heavy (non-hydrogen) atoms. The van der Waals surface area contributed by atoms with E-state index in [9.17, 15) is 80.5 Å². The van der Waals surface area contributed by atoms with Crippen LogP contribution in [0.4, 0.5) is 0 Å².